The topological polar surface area (TPSA) is 50.4 Å². The Balaban J connectivity index is 1.41. The maximum Gasteiger partial charge on any atom is 0.315 e. The van der Waals surface area contributed by atoms with Gasteiger partial charge in [-0.2, -0.15) is 0 Å². The number of halogens is 3. The fourth-order valence-corrected chi connectivity index (χ4v) is 3.06. The third kappa shape index (κ3) is 4.41. The molecule has 3 rings (SSSR count). The molecule has 2 atom stereocenters. The zero-order valence-corrected chi connectivity index (χ0v) is 13.3. The fraction of sp³-hybridized carbons (Fsp3) is 0.588. The fourth-order valence-electron chi connectivity index (χ4n) is 3.06. The van der Waals surface area contributed by atoms with Gasteiger partial charge in [0.05, 0.1) is 6.10 Å². The van der Waals surface area contributed by atoms with Gasteiger partial charge in [0.15, 0.2) is 17.5 Å². The Bertz CT molecular complexity index is 584. The minimum Gasteiger partial charge on any atom is -0.378 e. The van der Waals surface area contributed by atoms with Crippen LogP contribution in [0.1, 0.15) is 31.2 Å². The molecule has 1 aromatic carbocycles. The molecule has 132 valence electrons. The number of hydrogen-bond acceptors (Lipinski definition) is 2. The van der Waals surface area contributed by atoms with Crippen LogP contribution in [0.5, 0.6) is 0 Å². The standard InChI is InChI=1S/C17H21F3N2O2/c18-13-7-10(8-14(19)16(13)20)3-5-21-17(23)22-12-4-6-24-15(9-12)11-1-2-11/h7-8,11-12,15H,1-6,9H2,(H2,21,22,23)/t12-,15-/m1/s1. The predicted molar refractivity (Wildman–Crippen MR) is 82.0 cm³/mol. The van der Waals surface area contributed by atoms with E-state index in [0.29, 0.717) is 18.1 Å². The monoisotopic (exact) mass is 342 g/mol. The van der Waals surface area contributed by atoms with Crippen LogP contribution >= 0.6 is 0 Å². The minimum absolute atomic E-state index is 0.0880. The first-order valence-electron chi connectivity index (χ1n) is 8.32. The molecule has 2 aliphatic rings. The van der Waals surface area contributed by atoms with Crippen LogP contribution in [0.25, 0.3) is 0 Å². The quantitative estimate of drug-likeness (QED) is 0.809. The van der Waals surface area contributed by atoms with Crippen LogP contribution in [-0.2, 0) is 11.2 Å². The summed E-state index contributed by atoms with van der Waals surface area (Å²) in [5.74, 6) is -3.28. The third-order valence-electron chi connectivity index (χ3n) is 4.54. The van der Waals surface area contributed by atoms with Gasteiger partial charge in [0.25, 0.3) is 0 Å². The Morgan fingerprint density at radius 1 is 1.17 bits per heavy atom. The summed E-state index contributed by atoms with van der Waals surface area (Å²) in [6.45, 7) is 0.867. The number of amides is 2. The molecule has 1 aliphatic heterocycles. The number of hydrogen-bond donors (Lipinski definition) is 2. The molecule has 2 amide bonds. The molecule has 24 heavy (non-hydrogen) atoms. The molecule has 0 radical (unpaired) electrons. The van der Waals surface area contributed by atoms with E-state index in [1.165, 1.54) is 12.8 Å². The van der Waals surface area contributed by atoms with Gasteiger partial charge in [-0.1, -0.05) is 0 Å². The van der Waals surface area contributed by atoms with Gasteiger partial charge < -0.3 is 15.4 Å². The molecule has 1 saturated heterocycles. The van der Waals surface area contributed by atoms with E-state index in [1.54, 1.807) is 0 Å². The maximum atomic E-state index is 13.1. The second-order valence-corrected chi connectivity index (χ2v) is 6.49. The molecule has 2 fully saturated rings. The highest BCUT2D eigenvalue weighted by Crippen LogP contribution is 2.38. The van der Waals surface area contributed by atoms with E-state index in [0.717, 1.165) is 25.0 Å². The van der Waals surface area contributed by atoms with Crippen molar-refractivity contribution >= 4 is 6.03 Å². The Morgan fingerprint density at radius 3 is 2.54 bits per heavy atom. The van der Waals surface area contributed by atoms with Crippen molar-refractivity contribution in [1.29, 1.82) is 0 Å². The molecule has 1 saturated carbocycles. The average Bonchev–Trinajstić information content (AvgIpc) is 3.37. The number of nitrogens with one attached hydrogen (secondary N) is 2. The first-order chi connectivity index (χ1) is 11.5. The van der Waals surface area contributed by atoms with E-state index in [1.807, 2.05) is 0 Å². The SMILES string of the molecule is O=C(NCCc1cc(F)c(F)c(F)c1)N[C@@H]1CCO[C@@H](C2CC2)C1. The highest BCUT2D eigenvalue weighted by Gasteiger charge is 2.36. The van der Waals surface area contributed by atoms with Gasteiger partial charge in [0.2, 0.25) is 0 Å². The van der Waals surface area contributed by atoms with Gasteiger partial charge in [0, 0.05) is 19.2 Å². The minimum atomic E-state index is -1.48. The van der Waals surface area contributed by atoms with E-state index in [4.69, 9.17) is 4.74 Å². The van der Waals surface area contributed by atoms with Crippen molar-refractivity contribution in [2.24, 2.45) is 5.92 Å². The Morgan fingerprint density at radius 2 is 1.88 bits per heavy atom. The van der Waals surface area contributed by atoms with Crippen LogP contribution in [0.3, 0.4) is 0 Å². The summed E-state index contributed by atoms with van der Waals surface area (Å²) < 4.78 is 44.8. The van der Waals surface area contributed by atoms with Crippen LogP contribution in [0.4, 0.5) is 18.0 Å². The summed E-state index contributed by atoms with van der Waals surface area (Å²) in [7, 11) is 0. The molecule has 0 aromatic heterocycles. The van der Waals surface area contributed by atoms with Crippen LogP contribution in [0.15, 0.2) is 12.1 Å². The van der Waals surface area contributed by atoms with Crippen molar-refractivity contribution in [2.45, 2.75) is 44.2 Å². The highest BCUT2D eigenvalue weighted by molar-refractivity contribution is 5.74. The summed E-state index contributed by atoms with van der Waals surface area (Å²) in [5.41, 5.74) is 0.298. The summed E-state index contributed by atoms with van der Waals surface area (Å²) in [5, 5.41) is 5.57. The molecule has 0 spiro atoms. The average molecular weight is 342 g/mol. The number of carbonyl (C=O) groups excluding carboxylic acids is 1. The Kier molecular flexibility index (Phi) is 5.28. The van der Waals surface area contributed by atoms with E-state index in [2.05, 4.69) is 10.6 Å². The summed E-state index contributed by atoms with van der Waals surface area (Å²) in [6.07, 6.45) is 4.48. The first kappa shape index (κ1) is 17.1. The van der Waals surface area contributed by atoms with Crippen LogP contribution < -0.4 is 10.6 Å². The van der Waals surface area contributed by atoms with Gasteiger partial charge in [-0.15, -0.1) is 0 Å². The zero-order valence-electron chi connectivity index (χ0n) is 13.3. The number of carbonyl (C=O) groups is 1. The first-order valence-corrected chi connectivity index (χ1v) is 8.32. The van der Waals surface area contributed by atoms with E-state index < -0.39 is 17.5 Å². The second kappa shape index (κ2) is 7.42. The molecule has 1 aliphatic carbocycles. The Labute approximate surface area is 138 Å². The van der Waals surface area contributed by atoms with E-state index in [-0.39, 0.29) is 31.1 Å². The highest BCUT2D eigenvalue weighted by atomic mass is 19.2. The summed E-state index contributed by atoms with van der Waals surface area (Å²) >= 11 is 0. The number of ether oxygens (including phenoxy) is 1. The lowest BCUT2D eigenvalue weighted by atomic mass is 10.0. The van der Waals surface area contributed by atoms with Crippen molar-refractivity contribution in [3.63, 3.8) is 0 Å². The van der Waals surface area contributed by atoms with Crippen molar-refractivity contribution in [3.05, 3.63) is 35.1 Å². The molecular weight excluding hydrogens is 321 g/mol. The summed E-state index contributed by atoms with van der Waals surface area (Å²) in [6, 6.07) is 1.66. The van der Waals surface area contributed by atoms with Gasteiger partial charge in [-0.25, -0.2) is 18.0 Å². The largest absolute Gasteiger partial charge is 0.378 e. The zero-order chi connectivity index (χ0) is 17.1. The van der Waals surface area contributed by atoms with Gasteiger partial charge in [-0.05, 0) is 55.7 Å². The second-order valence-electron chi connectivity index (χ2n) is 6.49. The van der Waals surface area contributed by atoms with Crippen LogP contribution in [-0.4, -0.2) is 31.3 Å². The third-order valence-corrected chi connectivity index (χ3v) is 4.54. The molecule has 1 aromatic rings. The Hall–Kier alpha value is -1.76. The number of urea groups is 1. The molecule has 0 unspecified atom stereocenters. The molecule has 1 heterocycles. The molecule has 4 nitrogen and oxygen atoms in total. The van der Waals surface area contributed by atoms with Crippen molar-refractivity contribution in [3.8, 4) is 0 Å². The van der Waals surface area contributed by atoms with E-state index >= 15 is 0 Å². The lowest BCUT2D eigenvalue weighted by molar-refractivity contribution is -0.00913. The predicted octanol–water partition coefficient (Wildman–Crippen LogP) is 2.90. The molecule has 0 bridgehead atoms. The van der Waals surface area contributed by atoms with Crippen molar-refractivity contribution < 1.29 is 22.7 Å². The van der Waals surface area contributed by atoms with E-state index in [9.17, 15) is 18.0 Å². The van der Waals surface area contributed by atoms with Crippen molar-refractivity contribution in [1.82, 2.24) is 10.6 Å². The smallest absolute Gasteiger partial charge is 0.315 e. The lowest BCUT2D eigenvalue weighted by Gasteiger charge is -2.30. The summed E-state index contributed by atoms with van der Waals surface area (Å²) in [4.78, 5) is 11.9. The maximum absolute atomic E-state index is 13.1. The normalized spacial score (nSPS) is 23.8. The molecular formula is C17H21F3N2O2. The molecule has 7 heteroatoms. The van der Waals surface area contributed by atoms with Crippen molar-refractivity contribution in [2.75, 3.05) is 13.2 Å². The van der Waals surface area contributed by atoms with Gasteiger partial charge >= 0.3 is 6.03 Å². The number of rotatable bonds is 5. The lowest BCUT2D eigenvalue weighted by Crippen LogP contribution is -2.47. The van der Waals surface area contributed by atoms with Crippen LogP contribution in [0, 0.1) is 23.4 Å². The molecule has 2 N–H and O–H groups in total. The van der Waals surface area contributed by atoms with Crippen LogP contribution in [0.2, 0.25) is 0 Å². The van der Waals surface area contributed by atoms with Gasteiger partial charge in [-0.3, -0.25) is 0 Å². The number of benzene rings is 1. The van der Waals surface area contributed by atoms with Gasteiger partial charge in [0.1, 0.15) is 0 Å².